The summed E-state index contributed by atoms with van der Waals surface area (Å²) < 4.78 is 35.9. The Morgan fingerprint density at radius 3 is 2.59 bits per heavy atom. The van der Waals surface area contributed by atoms with Gasteiger partial charge in [0, 0.05) is 19.6 Å². The van der Waals surface area contributed by atoms with Gasteiger partial charge in [0.1, 0.15) is 18.5 Å². The molecule has 0 aromatic carbocycles. The number of carboxylic acids is 1. The van der Waals surface area contributed by atoms with Crippen LogP contribution in [-0.4, -0.2) is 59.6 Å². The summed E-state index contributed by atoms with van der Waals surface area (Å²) in [7, 11) is 0. The maximum Gasteiger partial charge on any atom is 0.490 e. The molecule has 2 aromatic heterocycles. The number of nitrogens with zero attached hydrogens (tertiary/aromatic N) is 6. The average molecular weight is 386 g/mol. The van der Waals surface area contributed by atoms with Crippen LogP contribution in [0, 0.1) is 5.92 Å². The third kappa shape index (κ3) is 4.85. The lowest BCUT2D eigenvalue weighted by molar-refractivity contribution is -0.192. The molecule has 148 valence electrons. The average Bonchev–Trinajstić information content (AvgIpc) is 3.10. The number of alkyl halides is 3. The Hall–Kier alpha value is -2.43. The molecule has 11 heteroatoms. The van der Waals surface area contributed by atoms with Crippen molar-refractivity contribution >= 4 is 5.97 Å². The molecule has 1 atom stereocenters. The van der Waals surface area contributed by atoms with Gasteiger partial charge in [-0.2, -0.15) is 18.3 Å². The molecule has 1 saturated carbocycles. The number of hydrogen-bond donors (Lipinski definition) is 1. The van der Waals surface area contributed by atoms with Gasteiger partial charge in [-0.1, -0.05) is 0 Å². The van der Waals surface area contributed by atoms with E-state index in [1.165, 1.54) is 30.9 Å². The topological polar surface area (TPSA) is 89.1 Å². The molecule has 1 aliphatic carbocycles. The molecule has 1 fully saturated rings. The zero-order valence-electron chi connectivity index (χ0n) is 14.8. The van der Waals surface area contributed by atoms with Crippen molar-refractivity contribution in [1.82, 2.24) is 29.2 Å². The Morgan fingerprint density at radius 2 is 2.04 bits per heavy atom. The van der Waals surface area contributed by atoms with Crippen molar-refractivity contribution in [1.29, 1.82) is 0 Å². The van der Waals surface area contributed by atoms with Crippen molar-refractivity contribution in [2.45, 2.75) is 45.1 Å². The van der Waals surface area contributed by atoms with Crippen molar-refractivity contribution in [2.75, 3.05) is 13.1 Å². The standard InChI is InChI=1S/C14H20N6.C2HF3O2/c1-11-14-16-6-13(8-19-10-15-9-17-19)20(14)5-4-18(11)7-12-2-3-12;3-2(4,5)1(6)7/h6,9-12H,2-5,7-8H2,1H3;(H,6,7). The highest BCUT2D eigenvalue weighted by Crippen LogP contribution is 2.34. The van der Waals surface area contributed by atoms with E-state index >= 15 is 0 Å². The summed E-state index contributed by atoms with van der Waals surface area (Å²) in [6, 6.07) is 0.425. The number of aromatic nitrogens is 5. The van der Waals surface area contributed by atoms with E-state index in [-0.39, 0.29) is 0 Å². The van der Waals surface area contributed by atoms with E-state index in [1.54, 1.807) is 12.7 Å². The molecule has 27 heavy (non-hydrogen) atoms. The minimum absolute atomic E-state index is 0.425. The molecule has 0 amide bonds. The van der Waals surface area contributed by atoms with Crippen LogP contribution in [0.4, 0.5) is 13.2 Å². The fourth-order valence-electron chi connectivity index (χ4n) is 3.09. The highest BCUT2D eigenvalue weighted by Gasteiger charge is 2.38. The summed E-state index contributed by atoms with van der Waals surface area (Å²) in [5.41, 5.74) is 1.23. The molecule has 4 rings (SSSR count). The maximum atomic E-state index is 10.6. The monoisotopic (exact) mass is 386 g/mol. The molecule has 2 aliphatic rings. The molecule has 3 heterocycles. The van der Waals surface area contributed by atoms with Crippen LogP contribution < -0.4 is 0 Å². The number of hydrogen-bond acceptors (Lipinski definition) is 5. The lowest BCUT2D eigenvalue weighted by Gasteiger charge is -2.34. The molecule has 0 bridgehead atoms. The normalized spacial score (nSPS) is 19.9. The molecule has 0 radical (unpaired) electrons. The predicted octanol–water partition coefficient (Wildman–Crippen LogP) is 1.94. The quantitative estimate of drug-likeness (QED) is 0.864. The fourth-order valence-corrected chi connectivity index (χ4v) is 3.09. The zero-order chi connectivity index (χ0) is 19.6. The number of imidazole rings is 1. The molecule has 0 saturated heterocycles. The second-order valence-corrected chi connectivity index (χ2v) is 6.77. The van der Waals surface area contributed by atoms with Crippen LogP contribution >= 0.6 is 0 Å². The van der Waals surface area contributed by atoms with Crippen molar-refractivity contribution < 1.29 is 23.1 Å². The van der Waals surface area contributed by atoms with Crippen LogP contribution in [0.3, 0.4) is 0 Å². The maximum absolute atomic E-state index is 10.6. The fraction of sp³-hybridized carbons (Fsp3) is 0.625. The van der Waals surface area contributed by atoms with Crippen molar-refractivity contribution in [3.05, 3.63) is 30.4 Å². The lowest BCUT2D eigenvalue weighted by Crippen LogP contribution is -2.38. The number of aliphatic carboxylic acids is 1. The molecule has 2 aromatic rings. The van der Waals surface area contributed by atoms with Crippen LogP contribution in [0.15, 0.2) is 18.9 Å². The first-order chi connectivity index (χ1) is 12.8. The number of fused-ring (bicyclic) bond motifs is 1. The van der Waals surface area contributed by atoms with Crippen LogP contribution in [0.2, 0.25) is 0 Å². The minimum Gasteiger partial charge on any atom is -0.475 e. The number of carbonyl (C=O) groups is 1. The first-order valence-electron chi connectivity index (χ1n) is 8.66. The van der Waals surface area contributed by atoms with Gasteiger partial charge in [0.05, 0.1) is 24.5 Å². The lowest BCUT2D eigenvalue weighted by atomic mass is 10.2. The predicted molar refractivity (Wildman–Crippen MR) is 87.8 cm³/mol. The van der Waals surface area contributed by atoms with Crippen molar-refractivity contribution in [3.63, 3.8) is 0 Å². The van der Waals surface area contributed by atoms with Gasteiger partial charge in [-0.3, -0.25) is 4.90 Å². The molecule has 1 aliphatic heterocycles. The van der Waals surface area contributed by atoms with Crippen LogP contribution in [0.5, 0.6) is 0 Å². The van der Waals surface area contributed by atoms with E-state index in [2.05, 4.69) is 31.5 Å². The Bertz CT molecular complexity index is 770. The van der Waals surface area contributed by atoms with Gasteiger partial charge in [0.2, 0.25) is 0 Å². The number of carboxylic acid groups (broad SMARTS) is 1. The summed E-state index contributed by atoms with van der Waals surface area (Å²) in [6.07, 6.45) is 3.07. The summed E-state index contributed by atoms with van der Waals surface area (Å²) in [5, 5.41) is 11.3. The SMILES string of the molecule is CC1c2ncc(Cn3cncn3)n2CCN1CC1CC1.O=C(O)C(F)(F)F. The van der Waals surface area contributed by atoms with E-state index in [9.17, 15) is 13.2 Å². The van der Waals surface area contributed by atoms with Gasteiger partial charge in [0.25, 0.3) is 0 Å². The number of halogens is 3. The van der Waals surface area contributed by atoms with Gasteiger partial charge in [0.15, 0.2) is 0 Å². The van der Waals surface area contributed by atoms with Crippen LogP contribution in [0.1, 0.15) is 37.3 Å². The molecule has 8 nitrogen and oxygen atoms in total. The highest BCUT2D eigenvalue weighted by molar-refractivity contribution is 5.73. The Labute approximate surface area is 153 Å². The van der Waals surface area contributed by atoms with Crippen LogP contribution in [0.25, 0.3) is 0 Å². The minimum atomic E-state index is -5.08. The van der Waals surface area contributed by atoms with E-state index in [1.807, 2.05) is 10.9 Å². The largest absolute Gasteiger partial charge is 0.490 e. The Balaban J connectivity index is 0.000000260. The van der Waals surface area contributed by atoms with Gasteiger partial charge in [-0.25, -0.2) is 19.4 Å². The second-order valence-electron chi connectivity index (χ2n) is 6.77. The summed E-state index contributed by atoms with van der Waals surface area (Å²) in [5.74, 6) is -0.618. The van der Waals surface area contributed by atoms with Crippen molar-refractivity contribution in [3.8, 4) is 0 Å². The first kappa shape index (κ1) is 19.3. The first-order valence-corrected chi connectivity index (χ1v) is 8.66. The van der Waals surface area contributed by atoms with Gasteiger partial charge < -0.3 is 9.67 Å². The van der Waals surface area contributed by atoms with Gasteiger partial charge in [-0.15, -0.1) is 0 Å². The molecule has 1 unspecified atom stereocenters. The highest BCUT2D eigenvalue weighted by atomic mass is 19.4. The third-order valence-electron chi connectivity index (χ3n) is 4.72. The van der Waals surface area contributed by atoms with E-state index in [0.29, 0.717) is 6.04 Å². The third-order valence-corrected chi connectivity index (χ3v) is 4.72. The number of rotatable bonds is 4. The Kier molecular flexibility index (Phi) is 5.49. The van der Waals surface area contributed by atoms with Crippen molar-refractivity contribution in [2.24, 2.45) is 5.92 Å². The summed E-state index contributed by atoms with van der Waals surface area (Å²) in [6.45, 7) is 6.44. The molecule has 0 spiro atoms. The van der Waals surface area contributed by atoms with Gasteiger partial charge >= 0.3 is 12.1 Å². The zero-order valence-corrected chi connectivity index (χ0v) is 14.8. The van der Waals surface area contributed by atoms with E-state index in [4.69, 9.17) is 9.90 Å². The molecular formula is C16H21F3N6O2. The van der Waals surface area contributed by atoms with Crippen LogP contribution in [-0.2, 0) is 17.9 Å². The summed E-state index contributed by atoms with van der Waals surface area (Å²) in [4.78, 5) is 20.1. The van der Waals surface area contributed by atoms with E-state index < -0.39 is 12.1 Å². The summed E-state index contributed by atoms with van der Waals surface area (Å²) >= 11 is 0. The second kappa shape index (κ2) is 7.67. The smallest absolute Gasteiger partial charge is 0.475 e. The Morgan fingerprint density at radius 1 is 1.33 bits per heavy atom. The molecular weight excluding hydrogens is 365 g/mol. The van der Waals surface area contributed by atoms with E-state index in [0.717, 1.165) is 25.6 Å². The molecule has 1 N–H and O–H groups in total. The van der Waals surface area contributed by atoms with Gasteiger partial charge in [-0.05, 0) is 25.7 Å².